The Balaban J connectivity index is 2.21. The summed E-state index contributed by atoms with van der Waals surface area (Å²) >= 11 is 0. The Kier molecular flexibility index (Phi) is 3.74. The molecule has 4 heteroatoms. The van der Waals surface area contributed by atoms with Gasteiger partial charge in [-0.3, -0.25) is 4.79 Å². The lowest BCUT2D eigenvalue weighted by atomic mass is 10.2. The molecule has 1 aliphatic rings. The van der Waals surface area contributed by atoms with Gasteiger partial charge in [-0.2, -0.15) is 0 Å². The van der Waals surface area contributed by atoms with E-state index < -0.39 is 0 Å². The predicted molar refractivity (Wildman–Crippen MR) is 64.0 cm³/mol. The third-order valence-electron chi connectivity index (χ3n) is 2.90. The van der Waals surface area contributed by atoms with E-state index in [2.05, 4.69) is 4.90 Å². The van der Waals surface area contributed by atoms with Crippen LogP contribution in [0.15, 0.2) is 18.2 Å². The number of rotatable bonds is 6. The van der Waals surface area contributed by atoms with Crippen LogP contribution in [0.5, 0.6) is 0 Å². The summed E-state index contributed by atoms with van der Waals surface area (Å²) in [7, 11) is 1.65. The van der Waals surface area contributed by atoms with Gasteiger partial charge in [0.05, 0.1) is 6.61 Å². The molecule has 0 N–H and O–H groups in total. The first-order chi connectivity index (χ1) is 8.24. The number of benzene rings is 1. The lowest BCUT2D eigenvalue weighted by Gasteiger charge is -2.24. The highest BCUT2D eigenvalue weighted by atomic mass is 19.1. The zero-order chi connectivity index (χ0) is 12.3. The van der Waals surface area contributed by atoms with Crippen LogP contribution in [0.25, 0.3) is 0 Å². The number of methoxy groups -OCH3 is 1. The SMILES string of the molecule is COCCN(c1cc(F)cc(C=O)c1)C1CC1. The number of carbonyl (C=O) groups excluding carboxylic acids is 1. The Morgan fingerprint density at radius 1 is 1.47 bits per heavy atom. The van der Waals surface area contributed by atoms with E-state index in [0.717, 1.165) is 25.1 Å². The molecule has 0 aromatic heterocycles. The van der Waals surface area contributed by atoms with Gasteiger partial charge in [-0.25, -0.2) is 4.39 Å². The minimum atomic E-state index is -0.368. The highest BCUT2D eigenvalue weighted by molar-refractivity contribution is 5.77. The number of hydrogen-bond acceptors (Lipinski definition) is 3. The van der Waals surface area contributed by atoms with E-state index in [-0.39, 0.29) is 5.82 Å². The smallest absolute Gasteiger partial charge is 0.150 e. The Morgan fingerprint density at radius 3 is 2.82 bits per heavy atom. The van der Waals surface area contributed by atoms with Crippen molar-refractivity contribution < 1.29 is 13.9 Å². The van der Waals surface area contributed by atoms with Crippen LogP contribution >= 0.6 is 0 Å². The van der Waals surface area contributed by atoms with Crippen molar-refractivity contribution in [1.82, 2.24) is 0 Å². The summed E-state index contributed by atoms with van der Waals surface area (Å²) < 4.78 is 18.4. The highest BCUT2D eigenvalue weighted by Crippen LogP contribution is 2.32. The van der Waals surface area contributed by atoms with Gasteiger partial charge in [0.1, 0.15) is 12.1 Å². The summed E-state index contributed by atoms with van der Waals surface area (Å²) in [6.45, 7) is 1.33. The Morgan fingerprint density at radius 2 is 2.24 bits per heavy atom. The number of hydrogen-bond donors (Lipinski definition) is 0. The quantitative estimate of drug-likeness (QED) is 0.711. The number of nitrogens with zero attached hydrogens (tertiary/aromatic N) is 1. The van der Waals surface area contributed by atoms with E-state index in [4.69, 9.17) is 4.74 Å². The summed E-state index contributed by atoms with van der Waals surface area (Å²) in [6, 6.07) is 4.91. The molecule has 1 saturated carbocycles. The molecule has 0 aliphatic heterocycles. The summed E-state index contributed by atoms with van der Waals surface area (Å²) in [5.41, 5.74) is 1.15. The molecule has 0 spiro atoms. The minimum Gasteiger partial charge on any atom is -0.383 e. The van der Waals surface area contributed by atoms with E-state index in [1.165, 1.54) is 12.1 Å². The van der Waals surface area contributed by atoms with Crippen molar-refractivity contribution in [3.8, 4) is 0 Å². The van der Waals surface area contributed by atoms with Crippen LogP contribution in [0.4, 0.5) is 10.1 Å². The van der Waals surface area contributed by atoms with Crippen molar-refractivity contribution in [1.29, 1.82) is 0 Å². The van der Waals surface area contributed by atoms with Gasteiger partial charge in [0.2, 0.25) is 0 Å². The second kappa shape index (κ2) is 5.27. The van der Waals surface area contributed by atoms with Gasteiger partial charge in [-0.15, -0.1) is 0 Å². The molecule has 92 valence electrons. The molecule has 0 saturated heterocycles. The van der Waals surface area contributed by atoms with Crippen molar-refractivity contribution in [2.45, 2.75) is 18.9 Å². The van der Waals surface area contributed by atoms with Crippen molar-refractivity contribution in [2.75, 3.05) is 25.2 Å². The van der Waals surface area contributed by atoms with Gasteiger partial charge >= 0.3 is 0 Å². The number of halogens is 1. The summed E-state index contributed by atoms with van der Waals surface area (Å²) in [5.74, 6) is -0.368. The maximum absolute atomic E-state index is 13.4. The maximum Gasteiger partial charge on any atom is 0.150 e. The first-order valence-electron chi connectivity index (χ1n) is 5.76. The van der Waals surface area contributed by atoms with Gasteiger partial charge < -0.3 is 9.64 Å². The Labute approximate surface area is 100 Å². The molecule has 0 atom stereocenters. The van der Waals surface area contributed by atoms with Crippen LogP contribution in [-0.2, 0) is 4.74 Å². The first kappa shape index (κ1) is 12.0. The molecule has 0 unspecified atom stereocenters. The fraction of sp³-hybridized carbons (Fsp3) is 0.462. The molecule has 0 bridgehead atoms. The standard InChI is InChI=1S/C13H16FNO2/c1-17-5-4-15(12-2-3-12)13-7-10(9-16)6-11(14)8-13/h6-9,12H,2-5H2,1H3. The van der Waals surface area contributed by atoms with Gasteiger partial charge in [-0.05, 0) is 31.0 Å². The second-order valence-electron chi connectivity index (χ2n) is 4.28. The average molecular weight is 237 g/mol. The van der Waals surface area contributed by atoms with Crippen molar-refractivity contribution >= 4 is 12.0 Å². The number of anilines is 1. The molecule has 0 heterocycles. The first-order valence-corrected chi connectivity index (χ1v) is 5.76. The normalized spacial score (nSPS) is 14.7. The average Bonchev–Trinajstić information content (AvgIpc) is 3.13. The number of aldehydes is 1. The van der Waals surface area contributed by atoms with E-state index in [0.29, 0.717) is 24.5 Å². The summed E-state index contributed by atoms with van der Waals surface area (Å²) in [4.78, 5) is 12.8. The third-order valence-corrected chi connectivity index (χ3v) is 2.90. The molecule has 17 heavy (non-hydrogen) atoms. The van der Waals surface area contributed by atoms with Crippen LogP contribution in [0, 0.1) is 5.82 Å². The lowest BCUT2D eigenvalue weighted by Crippen LogP contribution is -2.29. The molecule has 1 aromatic rings. The molecular formula is C13H16FNO2. The highest BCUT2D eigenvalue weighted by Gasteiger charge is 2.29. The fourth-order valence-corrected chi connectivity index (χ4v) is 1.93. The van der Waals surface area contributed by atoms with Crippen LogP contribution < -0.4 is 4.90 Å². The van der Waals surface area contributed by atoms with E-state index >= 15 is 0 Å². The molecule has 1 fully saturated rings. The van der Waals surface area contributed by atoms with Crippen LogP contribution in [0.3, 0.4) is 0 Å². The lowest BCUT2D eigenvalue weighted by molar-refractivity contribution is 0.112. The van der Waals surface area contributed by atoms with Gasteiger partial charge in [0.15, 0.2) is 0 Å². The monoisotopic (exact) mass is 237 g/mol. The largest absolute Gasteiger partial charge is 0.383 e. The second-order valence-corrected chi connectivity index (χ2v) is 4.28. The van der Waals surface area contributed by atoms with E-state index in [9.17, 15) is 9.18 Å². The Bertz CT molecular complexity index is 404. The van der Waals surface area contributed by atoms with E-state index in [1.54, 1.807) is 13.2 Å². The maximum atomic E-state index is 13.4. The third kappa shape index (κ3) is 3.03. The minimum absolute atomic E-state index is 0.368. The zero-order valence-electron chi connectivity index (χ0n) is 9.86. The topological polar surface area (TPSA) is 29.5 Å². The molecule has 0 amide bonds. The molecule has 3 nitrogen and oxygen atoms in total. The Hall–Kier alpha value is -1.42. The number of carbonyl (C=O) groups is 1. The van der Waals surface area contributed by atoms with Crippen LogP contribution in [0.1, 0.15) is 23.2 Å². The molecule has 0 radical (unpaired) electrons. The summed E-state index contributed by atoms with van der Waals surface area (Å²) in [6.07, 6.45) is 2.92. The van der Waals surface area contributed by atoms with E-state index in [1.807, 2.05) is 0 Å². The predicted octanol–water partition coefficient (Wildman–Crippen LogP) is 2.25. The summed E-state index contributed by atoms with van der Waals surface area (Å²) in [5, 5.41) is 0. The van der Waals surface area contributed by atoms with Gasteiger partial charge in [0.25, 0.3) is 0 Å². The van der Waals surface area contributed by atoms with Crippen molar-refractivity contribution in [3.05, 3.63) is 29.6 Å². The van der Waals surface area contributed by atoms with Gasteiger partial charge in [-0.1, -0.05) is 0 Å². The van der Waals surface area contributed by atoms with Crippen molar-refractivity contribution in [3.63, 3.8) is 0 Å². The fourth-order valence-electron chi connectivity index (χ4n) is 1.93. The van der Waals surface area contributed by atoms with Crippen LogP contribution in [-0.4, -0.2) is 32.6 Å². The molecule has 1 aromatic carbocycles. The zero-order valence-corrected chi connectivity index (χ0v) is 9.86. The molecule has 1 aliphatic carbocycles. The molecular weight excluding hydrogens is 221 g/mol. The molecule has 2 rings (SSSR count). The van der Waals surface area contributed by atoms with Crippen molar-refractivity contribution in [2.24, 2.45) is 0 Å². The van der Waals surface area contributed by atoms with Gasteiger partial charge in [0, 0.05) is 30.9 Å². The van der Waals surface area contributed by atoms with Crippen LogP contribution in [0.2, 0.25) is 0 Å². The number of ether oxygens (including phenoxy) is 1.